The highest BCUT2D eigenvalue weighted by Gasteiger charge is 2.47. The number of rotatable bonds is 4. The third kappa shape index (κ3) is 3.62. The molecule has 1 N–H and O–H groups in total. The first kappa shape index (κ1) is 19.5. The van der Waals surface area contributed by atoms with Crippen LogP contribution in [0.4, 0.5) is 19.0 Å². The molecule has 2 bridgehead atoms. The monoisotopic (exact) mass is 429 g/mol. The molecule has 1 saturated carbocycles. The standard InChI is InChI=1S/C21H18F3N5O2/c22-21(23,24)13-3-4-17(27-10-13)28-15-8-12-9-16(15)29(11-12)20(30)18-14(2-1-5-25-18)19-26-6-7-31-19/h1-7,10,12,15-16H,8-9,11H2,(H,27,28)/t12-,15+,16-/m0/s1. The number of fused-ring (bicyclic) bond motifs is 2. The molecular weight excluding hydrogens is 411 g/mol. The van der Waals surface area contributed by atoms with E-state index in [1.165, 1.54) is 18.5 Å². The lowest BCUT2D eigenvalue weighted by molar-refractivity contribution is -0.137. The predicted octanol–water partition coefficient (Wildman–Crippen LogP) is 3.87. The Balaban J connectivity index is 1.35. The topological polar surface area (TPSA) is 84.2 Å². The Morgan fingerprint density at radius 2 is 2.00 bits per heavy atom. The summed E-state index contributed by atoms with van der Waals surface area (Å²) in [5.41, 5.74) is -0.00453. The molecule has 3 aromatic heterocycles. The zero-order valence-corrected chi connectivity index (χ0v) is 16.2. The van der Waals surface area contributed by atoms with Crippen molar-refractivity contribution in [3.63, 3.8) is 0 Å². The molecular formula is C21H18F3N5O2. The molecule has 0 unspecified atom stereocenters. The van der Waals surface area contributed by atoms with Gasteiger partial charge >= 0.3 is 6.18 Å². The Hall–Kier alpha value is -3.43. The van der Waals surface area contributed by atoms with Crippen molar-refractivity contribution in [2.24, 2.45) is 5.92 Å². The van der Waals surface area contributed by atoms with E-state index in [0.717, 1.165) is 25.1 Å². The van der Waals surface area contributed by atoms with Gasteiger partial charge in [-0.15, -0.1) is 0 Å². The summed E-state index contributed by atoms with van der Waals surface area (Å²) in [4.78, 5) is 27.4. The highest BCUT2D eigenvalue weighted by molar-refractivity contribution is 5.98. The van der Waals surface area contributed by atoms with Crippen molar-refractivity contribution >= 4 is 11.7 Å². The second-order valence-electron chi connectivity index (χ2n) is 7.78. The highest BCUT2D eigenvalue weighted by Crippen LogP contribution is 2.40. The fourth-order valence-electron chi connectivity index (χ4n) is 4.49. The van der Waals surface area contributed by atoms with E-state index in [1.54, 1.807) is 23.2 Å². The van der Waals surface area contributed by atoms with E-state index in [-0.39, 0.29) is 23.7 Å². The molecule has 2 fully saturated rings. The average Bonchev–Trinajstić information content (AvgIpc) is 3.50. The maximum Gasteiger partial charge on any atom is 0.417 e. The van der Waals surface area contributed by atoms with E-state index in [1.807, 2.05) is 0 Å². The van der Waals surface area contributed by atoms with Gasteiger partial charge in [-0.3, -0.25) is 9.78 Å². The van der Waals surface area contributed by atoms with E-state index in [2.05, 4.69) is 20.3 Å². The lowest BCUT2D eigenvalue weighted by Crippen LogP contribution is -2.48. The molecule has 0 aromatic carbocycles. The number of oxazole rings is 1. The summed E-state index contributed by atoms with van der Waals surface area (Å²) in [5.74, 6) is 0.781. The minimum absolute atomic E-state index is 0.0963. The van der Waals surface area contributed by atoms with Crippen molar-refractivity contribution in [2.45, 2.75) is 31.1 Å². The number of alkyl halides is 3. The molecule has 5 rings (SSSR count). The van der Waals surface area contributed by atoms with Crippen molar-refractivity contribution in [1.82, 2.24) is 19.9 Å². The summed E-state index contributed by atoms with van der Waals surface area (Å²) < 4.78 is 43.6. The van der Waals surface area contributed by atoms with E-state index in [9.17, 15) is 18.0 Å². The Bertz CT molecular complexity index is 1090. The summed E-state index contributed by atoms with van der Waals surface area (Å²) >= 11 is 0. The normalized spacial score (nSPS) is 22.7. The summed E-state index contributed by atoms with van der Waals surface area (Å²) in [7, 11) is 0. The van der Waals surface area contributed by atoms with Crippen LogP contribution in [0.5, 0.6) is 0 Å². The molecule has 1 aliphatic heterocycles. The maximum atomic E-state index is 13.3. The number of aromatic nitrogens is 3. The number of hydrogen-bond acceptors (Lipinski definition) is 6. The van der Waals surface area contributed by atoms with Crippen LogP contribution in [0.25, 0.3) is 11.5 Å². The number of hydrogen-bond donors (Lipinski definition) is 1. The van der Waals surface area contributed by atoms with Gasteiger partial charge in [0.1, 0.15) is 17.8 Å². The van der Waals surface area contributed by atoms with Gasteiger partial charge in [-0.05, 0) is 43.0 Å². The van der Waals surface area contributed by atoms with E-state index in [4.69, 9.17) is 4.42 Å². The molecule has 7 nitrogen and oxygen atoms in total. The molecule has 160 valence electrons. The van der Waals surface area contributed by atoms with Crippen LogP contribution >= 0.6 is 0 Å². The SMILES string of the molecule is O=C(c1ncccc1-c1ncco1)N1C[C@H]2C[C@@H](Nc3ccc(C(F)(F)F)cn3)[C@@H]1C2. The largest absolute Gasteiger partial charge is 0.444 e. The Morgan fingerprint density at radius 1 is 1.13 bits per heavy atom. The Morgan fingerprint density at radius 3 is 2.68 bits per heavy atom. The number of likely N-dealkylation sites (tertiary alicyclic amines) is 1. The van der Waals surface area contributed by atoms with Gasteiger partial charge in [0.2, 0.25) is 5.89 Å². The third-order valence-electron chi connectivity index (χ3n) is 5.84. The third-order valence-corrected chi connectivity index (χ3v) is 5.84. The first-order valence-electron chi connectivity index (χ1n) is 9.86. The van der Waals surface area contributed by atoms with Crippen LogP contribution in [-0.4, -0.2) is 44.4 Å². The first-order valence-corrected chi connectivity index (χ1v) is 9.86. The Kier molecular flexibility index (Phi) is 4.64. The summed E-state index contributed by atoms with van der Waals surface area (Å²) in [6, 6.07) is 5.58. The molecule has 4 heterocycles. The number of halogens is 3. The van der Waals surface area contributed by atoms with Crippen LogP contribution < -0.4 is 5.32 Å². The predicted molar refractivity (Wildman–Crippen MR) is 104 cm³/mol. The highest BCUT2D eigenvalue weighted by atomic mass is 19.4. The molecule has 10 heteroatoms. The number of anilines is 1. The first-order chi connectivity index (χ1) is 14.9. The van der Waals surface area contributed by atoms with Crippen LogP contribution in [0.2, 0.25) is 0 Å². The number of nitrogens with one attached hydrogen (secondary N) is 1. The van der Waals surface area contributed by atoms with Crippen molar-refractivity contribution in [2.75, 3.05) is 11.9 Å². The van der Waals surface area contributed by atoms with Gasteiger partial charge in [0.05, 0.1) is 23.4 Å². The van der Waals surface area contributed by atoms with Gasteiger partial charge in [-0.2, -0.15) is 13.2 Å². The van der Waals surface area contributed by atoms with Crippen molar-refractivity contribution in [3.8, 4) is 11.5 Å². The van der Waals surface area contributed by atoms with Crippen LogP contribution in [-0.2, 0) is 6.18 Å². The molecule has 3 atom stereocenters. The number of amides is 1. The smallest absolute Gasteiger partial charge is 0.417 e. The van der Waals surface area contributed by atoms with Crippen molar-refractivity contribution < 1.29 is 22.4 Å². The van der Waals surface area contributed by atoms with Crippen LogP contribution in [0.3, 0.4) is 0 Å². The quantitative estimate of drug-likeness (QED) is 0.678. The molecule has 2 aliphatic rings. The summed E-state index contributed by atoms with van der Waals surface area (Å²) in [6.45, 7) is 0.615. The van der Waals surface area contributed by atoms with Crippen LogP contribution in [0.1, 0.15) is 28.9 Å². The van der Waals surface area contributed by atoms with Crippen LogP contribution in [0.15, 0.2) is 53.5 Å². The summed E-state index contributed by atoms with van der Waals surface area (Å²) in [6.07, 6.45) is 2.53. The molecule has 31 heavy (non-hydrogen) atoms. The number of pyridine rings is 2. The lowest BCUT2D eigenvalue weighted by atomic mass is 10.0. The molecule has 0 radical (unpaired) electrons. The summed E-state index contributed by atoms with van der Waals surface area (Å²) in [5, 5.41) is 3.21. The average molecular weight is 429 g/mol. The number of carbonyl (C=O) groups excluding carboxylic acids is 1. The van der Waals surface area contributed by atoms with Gasteiger partial charge < -0.3 is 14.6 Å². The minimum Gasteiger partial charge on any atom is -0.444 e. The van der Waals surface area contributed by atoms with Crippen LogP contribution in [0, 0.1) is 5.92 Å². The minimum atomic E-state index is -4.43. The van der Waals surface area contributed by atoms with Gasteiger partial charge in [0, 0.05) is 25.0 Å². The molecule has 0 spiro atoms. The van der Waals surface area contributed by atoms with Crippen molar-refractivity contribution in [3.05, 3.63) is 60.4 Å². The number of carbonyl (C=O) groups is 1. The number of nitrogens with zero attached hydrogens (tertiary/aromatic N) is 4. The lowest BCUT2D eigenvalue weighted by Gasteiger charge is -2.34. The second kappa shape index (κ2) is 7.36. The van der Waals surface area contributed by atoms with Gasteiger partial charge in [-0.25, -0.2) is 9.97 Å². The second-order valence-corrected chi connectivity index (χ2v) is 7.78. The Labute approximate surface area is 175 Å². The van der Waals surface area contributed by atoms with E-state index < -0.39 is 11.7 Å². The zero-order chi connectivity index (χ0) is 21.6. The van der Waals surface area contributed by atoms with Gasteiger partial charge in [0.15, 0.2) is 0 Å². The molecule has 3 aromatic rings. The molecule has 1 aliphatic carbocycles. The fraction of sp³-hybridized carbons (Fsp3) is 0.333. The van der Waals surface area contributed by atoms with Gasteiger partial charge in [-0.1, -0.05) is 0 Å². The van der Waals surface area contributed by atoms with Crippen molar-refractivity contribution in [1.29, 1.82) is 0 Å². The van der Waals surface area contributed by atoms with E-state index >= 15 is 0 Å². The molecule has 1 saturated heterocycles. The van der Waals surface area contributed by atoms with E-state index in [0.29, 0.717) is 29.7 Å². The molecule has 1 amide bonds. The zero-order valence-electron chi connectivity index (χ0n) is 16.2. The van der Waals surface area contributed by atoms with Gasteiger partial charge in [0.25, 0.3) is 5.91 Å². The maximum absolute atomic E-state index is 13.3. The number of piperidine rings is 1. The fourth-order valence-corrected chi connectivity index (χ4v) is 4.49.